The summed E-state index contributed by atoms with van der Waals surface area (Å²) in [4.78, 5) is 24.8. The number of pyridine rings is 2. The summed E-state index contributed by atoms with van der Waals surface area (Å²) in [5.41, 5.74) is 3.62. The topological polar surface area (TPSA) is 58.1 Å². The lowest BCUT2D eigenvalue weighted by molar-refractivity contribution is 0.0974. The van der Waals surface area contributed by atoms with E-state index in [2.05, 4.69) is 10.3 Å². The first kappa shape index (κ1) is 18.8. The molecule has 154 valence electrons. The highest BCUT2D eigenvalue weighted by atomic mass is 35.5. The van der Waals surface area contributed by atoms with Crippen LogP contribution in [0.5, 0.6) is 0 Å². The van der Waals surface area contributed by atoms with Crippen molar-refractivity contribution in [3.63, 3.8) is 0 Å². The Morgan fingerprint density at radius 3 is 2.16 bits per heavy atom. The quantitative estimate of drug-likeness (QED) is 0.334. The lowest BCUT2D eigenvalue weighted by atomic mass is 10.0. The monoisotopic (exact) mass is 436 g/mol. The first-order valence-electron chi connectivity index (χ1n) is 10.3. The number of nitrogens with one attached hydrogen (secondary N) is 1. The highest BCUT2D eigenvalue weighted by Crippen LogP contribution is 2.39. The molecule has 0 aliphatic carbocycles. The molecule has 0 fully saturated rings. The van der Waals surface area contributed by atoms with E-state index in [-0.39, 0.29) is 5.91 Å². The zero-order valence-electron chi connectivity index (χ0n) is 16.9. The maximum absolute atomic E-state index is 13.8. The molecule has 1 amide bonds. The molecule has 32 heavy (non-hydrogen) atoms. The van der Waals surface area contributed by atoms with Gasteiger partial charge >= 0.3 is 0 Å². The molecular weight excluding hydrogens is 420 g/mol. The number of para-hydroxylation sites is 3. The van der Waals surface area contributed by atoms with Crippen molar-refractivity contribution in [2.24, 2.45) is 0 Å². The number of hydrogen-bond donors (Lipinski definition) is 1. The third kappa shape index (κ3) is 2.98. The van der Waals surface area contributed by atoms with E-state index in [4.69, 9.17) is 16.6 Å². The van der Waals surface area contributed by atoms with Crippen molar-refractivity contribution in [3.05, 3.63) is 107 Å². The maximum atomic E-state index is 13.8. The fourth-order valence-electron chi connectivity index (χ4n) is 4.20. The molecule has 3 heterocycles. The zero-order valence-corrected chi connectivity index (χ0v) is 17.6. The Hall–Kier alpha value is -3.96. The van der Waals surface area contributed by atoms with Gasteiger partial charge in [0.1, 0.15) is 17.1 Å². The summed E-state index contributed by atoms with van der Waals surface area (Å²) in [6, 6.07) is 29.0. The van der Waals surface area contributed by atoms with Crippen LogP contribution in [0.2, 0.25) is 5.15 Å². The van der Waals surface area contributed by atoms with Gasteiger partial charge in [0, 0.05) is 22.0 Å². The number of fused-ring (bicyclic) bond motifs is 3. The highest BCUT2D eigenvalue weighted by Gasteiger charge is 2.36. The summed E-state index contributed by atoms with van der Waals surface area (Å²) in [6.07, 6.45) is -0.560. The normalized spacial score (nSPS) is 15.6. The van der Waals surface area contributed by atoms with Gasteiger partial charge in [-0.05, 0) is 36.4 Å². The van der Waals surface area contributed by atoms with Crippen molar-refractivity contribution in [1.29, 1.82) is 0 Å². The van der Waals surface area contributed by atoms with E-state index in [1.807, 2.05) is 91.0 Å². The van der Waals surface area contributed by atoms with E-state index in [0.29, 0.717) is 22.1 Å². The molecular formula is C26H17ClN4O. The number of benzene rings is 3. The average Bonchev–Trinajstić information content (AvgIpc) is 2.83. The van der Waals surface area contributed by atoms with Gasteiger partial charge in [-0.25, -0.2) is 9.97 Å². The summed E-state index contributed by atoms with van der Waals surface area (Å²) >= 11 is 6.65. The van der Waals surface area contributed by atoms with Crippen molar-refractivity contribution in [2.75, 3.05) is 10.2 Å². The van der Waals surface area contributed by atoms with Crippen LogP contribution in [-0.2, 0) is 0 Å². The number of carbonyl (C=O) groups is 1. The molecule has 6 heteroatoms. The second kappa shape index (κ2) is 7.32. The maximum Gasteiger partial charge on any atom is 0.264 e. The fraction of sp³-hybridized carbons (Fsp3) is 0.0385. The third-order valence-electron chi connectivity index (χ3n) is 5.74. The second-order valence-electron chi connectivity index (χ2n) is 7.70. The predicted molar refractivity (Wildman–Crippen MR) is 128 cm³/mol. The van der Waals surface area contributed by atoms with Gasteiger partial charge in [0.25, 0.3) is 5.91 Å². The van der Waals surface area contributed by atoms with Crippen LogP contribution in [-0.4, -0.2) is 15.9 Å². The smallest absolute Gasteiger partial charge is 0.264 e. The molecule has 5 nitrogen and oxygen atoms in total. The van der Waals surface area contributed by atoms with Crippen molar-refractivity contribution in [1.82, 2.24) is 9.97 Å². The number of halogens is 1. The highest BCUT2D eigenvalue weighted by molar-refractivity contribution is 6.31. The Balaban J connectivity index is 1.58. The molecule has 1 atom stereocenters. The SMILES string of the molecule is O=C1c2cc3ccccc3nc2NC(c2cc3ccccc3nc2Cl)N1c1ccccc1. The van der Waals surface area contributed by atoms with Gasteiger partial charge < -0.3 is 5.32 Å². The molecule has 1 unspecified atom stereocenters. The molecule has 1 N–H and O–H groups in total. The van der Waals surface area contributed by atoms with E-state index in [1.165, 1.54) is 0 Å². The molecule has 0 saturated heterocycles. The largest absolute Gasteiger partial charge is 0.345 e. The number of amides is 1. The van der Waals surface area contributed by atoms with Crippen molar-refractivity contribution in [2.45, 2.75) is 6.17 Å². The molecule has 0 radical (unpaired) electrons. The summed E-state index contributed by atoms with van der Waals surface area (Å²) in [5.74, 6) is 0.396. The summed E-state index contributed by atoms with van der Waals surface area (Å²) in [7, 11) is 0. The van der Waals surface area contributed by atoms with Gasteiger partial charge in [-0.3, -0.25) is 9.69 Å². The molecule has 3 aromatic carbocycles. The van der Waals surface area contributed by atoms with Gasteiger partial charge in [-0.2, -0.15) is 0 Å². The van der Waals surface area contributed by atoms with Crippen molar-refractivity contribution in [3.8, 4) is 0 Å². The van der Waals surface area contributed by atoms with E-state index < -0.39 is 6.17 Å². The molecule has 0 bridgehead atoms. The van der Waals surface area contributed by atoms with Crippen LogP contribution in [0.4, 0.5) is 11.5 Å². The third-order valence-corrected chi connectivity index (χ3v) is 6.04. The van der Waals surface area contributed by atoms with Crippen LogP contribution in [0, 0.1) is 0 Å². The first-order valence-corrected chi connectivity index (χ1v) is 10.7. The van der Waals surface area contributed by atoms with Gasteiger partial charge in [-0.15, -0.1) is 0 Å². The van der Waals surface area contributed by atoms with E-state index in [9.17, 15) is 4.79 Å². The van der Waals surface area contributed by atoms with Crippen LogP contribution in [0.3, 0.4) is 0 Å². The number of carbonyl (C=O) groups excluding carboxylic acids is 1. The van der Waals surface area contributed by atoms with Crippen LogP contribution in [0.1, 0.15) is 22.1 Å². The fourth-order valence-corrected chi connectivity index (χ4v) is 4.45. The molecule has 5 aromatic rings. The minimum atomic E-state index is -0.560. The Labute approximate surface area is 189 Å². The molecule has 2 aromatic heterocycles. The minimum absolute atomic E-state index is 0.141. The van der Waals surface area contributed by atoms with Crippen LogP contribution in [0.25, 0.3) is 21.8 Å². The van der Waals surface area contributed by atoms with Crippen LogP contribution >= 0.6 is 11.6 Å². The summed E-state index contributed by atoms with van der Waals surface area (Å²) in [6.45, 7) is 0. The van der Waals surface area contributed by atoms with E-state index >= 15 is 0 Å². The van der Waals surface area contributed by atoms with E-state index in [1.54, 1.807) is 4.90 Å². The van der Waals surface area contributed by atoms with Crippen molar-refractivity contribution < 1.29 is 4.79 Å². The molecule has 0 spiro atoms. The van der Waals surface area contributed by atoms with Crippen LogP contribution in [0.15, 0.2) is 91.0 Å². The second-order valence-corrected chi connectivity index (χ2v) is 8.05. The minimum Gasteiger partial charge on any atom is -0.345 e. The number of anilines is 2. The Morgan fingerprint density at radius 2 is 1.41 bits per heavy atom. The van der Waals surface area contributed by atoms with Crippen LogP contribution < -0.4 is 10.2 Å². The number of nitrogens with zero attached hydrogens (tertiary/aromatic N) is 3. The van der Waals surface area contributed by atoms with E-state index in [0.717, 1.165) is 27.5 Å². The Morgan fingerprint density at radius 1 is 0.781 bits per heavy atom. The molecule has 6 rings (SSSR count). The number of aromatic nitrogens is 2. The standard InChI is InChI=1S/C26H17ClN4O/c27-23-19(14-16-8-4-6-12-21(16)28-23)25-30-24-20(15-17-9-5-7-13-22(17)29-24)26(32)31(25)18-10-2-1-3-11-18/h1-15,25H,(H,29,30). The Kier molecular flexibility index (Phi) is 4.30. The number of hydrogen-bond acceptors (Lipinski definition) is 4. The van der Waals surface area contributed by atoms with Crippen molar-refractivity contribution >= 4 is 50.8 Å². The van der Waals surface area contributed by atoms with Gasteiger partial charge in [0.15, 0.2) is 0 Å². The van der Waals surface area contributed by atoms with Gasteiger partial charge in [-0.1, -0.05) is 66.2 Å². The lowest BCUT2D eigenvalue weighted by Crippen LogP contribution is -2.43. The summed E-state index contributed by atoms with van der Waals surface area (Å²) < 4.78 is 0. The van der Waals surface area contributed by atoms with Gasteiger partial charge in [0.2, 0.25) is 0 Å². The predicted octanol–water partition coefficient (Wildman–Crippen LogP) is 6.21. The average molecular weight is 437 g/mol. The zero-order chi connectivity index (χ0) is 21.7. The number of rotatable bonds is 2. The molecule has 1 aliphatic heterocycles. The lowest BCUT2D eigenvalue weighted by Gasteiger charge is -2.38. The summed E-state index contributed by atoms with van der Waals surface area (Å²) in [5, 5.41) is 5.67. The molecule has 1 aliphatic rings. The Bertz CT molecular complexity index is 1500. The molecule has 0 saturated carbocycles. The first-order chi connectivity index (χ1) is 15.7. The van der Waals surface area contributed by atoms with Gasteiger partial charge in [0.05, 0.1) is 16.6 Å².